The molecule has 0 aromatic rings. The summed E-state index contributed by atoms with van der Waals surface area (Å²) in [7, 11) is -17.7. The molecule has 0 aliphatic rings. The largest absolute Gasteiger partial charge is 0.394 e. The van der Waals surface area contributed by atoms with Crippen LogP contribution in [0.15, 0.2) is 0 Å². The molecule has 0 aromatic carbocycles. The number of rotatable bonds is 61. The van der Waals surface area contributed by atoms with Gasteiger partial charge in [-0.15, -0.1) is 0 Å². The maximum atomic E-state index is 12.5. The molecular formula is C63H136O34S12. The lowest BCUT2D eigenvalue weighted by Crippen LogP contribution is -2.56. The zero-order valence-electron chi connectivity index (χ0n) is 67.8. The second-order valence-electron chi connectivity index (χ2n) is 25.1. The Morgan fingerprint density at radius 2 is 0.670 bits per heavy atom. The van der Waals surface area contributed by atoms with Crippen molar-refractivity contribution >= 4 is 126 Å². The molecule has 0 rings (SSSR count). The van der Waals surface area contributed by atoms with Crippen LogP contribution < -0.4 is 0 Å². The number of aliphatic hydroxyl groups is 5. The maximum Gasteiger partial charge on any atom is 0.169 e. The number of ether oxygens (including phenoxy) is 13. The van der Waals surface area contributed by atoms with E-state index >= 15 is 0 Å². The quantitative estimate of drug-likeness (QED) is 0.0427. The van der Waals surface area contributed by atoms with Crippen molar-refractivity contribution in [1.29, 1.82) is 0 Å². The predicted molar refractivity (Wildman–Crippen MR) is 435 cm³/mol. The van der Waals surface area contributed by atoms with Crippen LogP contribution >= 0.6 is 0 Å². The van der Waals surface area contributed by atoms with Gasteiger partial charge in [-0.3, -0.25) is 33.7 Å². The molecule has 664 valence electrons. The van der Waals surface area contributed by atoms with Crippen LogP contribution in [0.5, 0.6) is 0 Å². The van der Waals surface area contributed by atoms with Crippen molar-refractivity contribution in [2.24, 2.45) is 0 Å². The third kappa shape index (κ3) is 57.2. The number of sulfone groups is 4. The van der Waals surface area contributed by atoms with Crippen molar-refractivity contribution in [2.45, 2.75) is 157 Å². The zero-order chi connectivity index (χ0) is 85.6. The molecule has 0 radical (unpaired) electrons. The Morgan fingerprint density at radius 1 is 0.349 bits per heavy atom. The highest BCUT2D eigenvalue weighted by atomic mass is 32.3. The van der Waals surface area contributed by atoms with Crippen LogP contribution in [0.25, 0.3) is 0 Å². The molecule has 22 atom stereocenters. The Hall–Kier alpha value is 0.280. The van der Waals surface area contributed by atoms with Gasteiger partial charge < -0.3 is 87.1 Å². The van der Waals surface area contributed by atoms with Crippen molar-refractivity contribution in [3.05, 3.63) is 0 Å². The summed E-state index contributed by atoms with van der Waals surface area (Å²) >= 11 is 0. The van der Waals surface area contributed by atoms with Crippen molar-refractivity contribution < 1.29 is 154 Å². The molecular weight excluding hydrogens is 1690 g/mol. The molecule has 46 heteroatoms. The molecule has 0 spiro atoms. The molecule has 0 saturated carbocycles. The van der Waals surface area contributed by atoms with E-state index in [0.717, 1.165) is 31.4 Å². The minimum absolute atomic E-state index is 0.0208. The number of methoxy groups -OCH3 is 5. The van der Waals surface area contributed by atoms with Crippen LogP contribution in [0.3, 0.4) is 0 Å². The fourth-order valence-corrected chi connectivity index (χ4v) is 28.1. The van der Waals surface area contributed by atoms with E-state index in [1.54, 1.807) is 32.1 Å². The van der Waals surface area contributed by atoms with Crippen LogP contribution in [0.1, 0.15) is 66.7 Å². The lowest BCUT2D eigenvalue weighted by atomic mass is 10.2. The molecule has 0 aliphatic heterocycles. The van der Waals surface area contributed by atoms with Crippen LogP contribution in [0, 0.1) is 0 Å². The van der Waals surface area contributed by atoms with Gasteiger partial charge in [-0.2, -0.15) is 0 Å². The first-order chi connectivity index (χ1) is 50.5. The molecule has 109 heavy (non-hydrogen) atoms. The van der Waals surface area contributed by atoms with E-state index in [4.69, 9.17) is 87.1 Å². The summed E-state index contributed by atoms with van der Waals surface area (Å²) in [6, 6.07) is 0. The topological polar surface area (TPSA) is 494 Å². The molecule has 0 bridgehead atoms. The summed E-state index contributed by atoms with van der Waals surface area (Å²) in [6.45, 7) is 10.0. The predicted octanol–water partition coefficient (Wildman–Crippen LogP) is -2.30. The molecule has 34 nitrogen and oxygen atoms in total. The summed E-state index contributed by atoms with van der Waals surface area (Å²) in [5.74, 6) is -0.327. The van der Waals surface area contributed by atoms with Gasteiger partial charge in [0, 0.05) is 209 Å². The van der Waals surface area contributed by atoms with Gasteiger partial charge in [-0.25, -0.2) is 33.7 Å². The van der Waals surface area contributed by atoms with E-state index in [2.05, 4.69) is 0 Å². The third-order valence-corrected chi connectivity index (χ3v) is 34.3. The monoisotopic (exact) mass is 1820 g/mol. The van der Waals surface area contributed by atoms with Crippen molar-refractivity contribution in [2.75, 3.05) is 239 Å². The Morgan fingerprint density at radius 3 is 0.917 bits per heavy atom. The summed E-state index contributed by atoms with van der Waals surface area (Å²) in [5.41, 5.74) is 0. The minimum Gasteiger partial charge on any atom is -0.394 e. The van der Waals surface area contributed by atoms with Crippen LogP contribution in [0.4, 0.5) is 0 Å². The average Bonchev–Trinajstić information content (AvgIpc) is 0.777. The van der Waals surface area contributed by atoms with Crippen molar-refractivity contribution in [3.8, 4) is 0 Å². The number of hydrogen-bond donors (Lipinski definition) is 5. The zero-order valence-corrected chi connectivity index (χ0v) is 77.6. The van der Waals surface area contributed by atoms with E-state index in [9.17, 15) is 67.3 Å². The molecule has 0 aromatic heterocycles. The van der Waals surface area contributed by atoms with Crippen molar-refractivity contribution in [1.82, 2.24) is 0 Å². The lowest BCUT2D eigenvalue weighted by molar-refractivity contribution is -0.0729. The van der Waals surface area contributed by atoms with E-state index in [1.165, 1.54) is 53.5 Å². The van der Waals surface area contributed by atoms with Crippen LogP contribution in [0.2, 0.25) is 0 Å². The van der Waals surface area contributed by atoms with E-state index < -0.39 is 181 Å². The van der Waals surface area contributed by atoms with Gasteiger partial charge in [-0.1, -0.05) is 34.6 Å². The van der Waals surface area contributed by atoms with Gasteiger partial charge in [0.05, 0.1) is 176 Å². The molecule has 0 aliphatic carbocycles. The average molecular weight is 1820 g/mol. The van der Waals surface area contributed by atoms with E-state index in [1.807, 2.05) is 34.6 Å². The molecule has 0 saturated heterocycles. The molecule has 0 heterocycles. The fourth-order valence-electron chi connectivity index (χ4n) is 8.85. The van der Waals surface area contributed by atoms with Gasteiger partial charge in [0.1, 0.15) is 47.8 Å². The second-order valence-corrected chi connectivity index (χ2v) is 47.1. The molecule has 0 fully saturated rings. The normalized spacial score (nSPS) is 19.3. The van der Waals surface area contributed by atoms with Gasteiger partial charge in [0.15, 0.2) is 23.8 Å². The van der Waals surface area contributed by atoms with Gasteiger partial charge >= 0.3 is 0 Å². The van der Waals surface area contributed by atoms with Crippen molar-refractivity contribution in [3.63, 3.8) is 0 Å². The lowest BCUT2D eigenvalue weighted by Gasteiger charge is -2.34. The second kappa shape index (κ2) is 66.1. The number of hydrogen-bond acceptors (Lipinski definition) is 34. The molecule has 0 amide bonds. The highest BCUT2D eigenvalue weighted by Crippen LogP contribution is 2.29. The molecule has 5 N–H and O–H groups in total. The Bertz CT molecular complexity index is 2960. The Labute approximate surface area is 671 Å². The van der Waals surface area contributed by atoms with Gasteiger partial charge in [-0.05, 0) is 32.1 Å². The number of aliphatic hydroxyl groups excluding tert-OH is 5. The summed E-state index contributed by atoms with van der Waals surface area (Å²) in [4.78, 5) is 0. The summed E-state index contributed by atoms with van der Waals surface area (Å²) in [6.07, 6.45) is 15.1. The highest BCUT2D eigenvalue weighted by Gasteiger charge is 2.52. The smallest absolute Gasteiger partial charge is 0.169 e. The first-order valence-electron chi connectivity index (χ1n) is 34.3. The Balaban J connectivity index is -0.000000416. The summed E-state index contributed by atoms with van der Waals surface area (Å²) < 4.78 is 254. The van der Waals surface area contributed by atoms with Gasteiger partial charge in [0.2, 0.25) is 0 Å². The third-order valence-electron chi connectivity index (χ3n) is 15.9. The first kappa shape index (κ1) is 118. The van der Waals surface area contributed by atoms with E-state index in [0.29, 0.717) is 50.4 Å². The SMILES string of the molecule is CCC(CO)OCC(COCC(C(S(C)=O)S(C)=O)(S(C)=O)S(C)=O)OC.CCC(CO)OCC(COCC(CS(C)(=O)=O)S(C)(=O)=O)OC.CCC(CO)OCC(COCC(CS(C)=O)S(C)=O)OC.CCC(CO)OCC(OC)C(CS(C)(=O)=O)S(C)(=O)=O.CCC(CO)OCC(OC)C(CS(C)=O)S(C)=O. The van der Waals surface area contributed by atoms with Crippen LogP contribution in [-0.4, -0.2) is 423 Å². The fraction of sp³-hybridized carbons (Fsp3) is 1.00. The summed E-state index contributed by atoms with van der Waals surface area (Å²) in [5, 5.41) is 42.4. The Kier molecular flexibility index (Phi) is 71.5. The highest BCUT2D eigenvalue weighted by molar-refractivity contribution is 8.10. The standard InChI is InChI=1S/C15H32O8S4.C13H28O8S2.C13H28O6S2.C11H24O7S2.C11H24O5S2/c1-7-12(8-16)23-10-13(21-2)9-22-11-15(26(5)19,27(6)20)14(24(3)17)25(4)18;1-5-11(6-14)21-8-12(19-2)7-20-9-13(23(4,17)18)10-22(3,15)16;1-5-11(6-14)19-8-12(17-2)7-18-9-13(21(4)16)10-20(3)15;1-5-9(6-12)18-7-10(17-2)11(20(4,15)16)8-19(3,13)14;1-5-9(6-12)16-7-10(15-2)11(18(4)14)8-17(3)13/h12-14,16H,7-11H2,1-6H3;11-14H,5-10H2,1-4H3;11-14H,5-10H2,1-4H3;9-12H,5-8H2,1-4H3;9-12H,5-8H2,1-4H3. The minimum atomic E-state index is -3.62. The first-order valence-corrected chi connectivity index (χ1v) is 55.4. The van der Waals surface area contributed by atoms with Crippen LogP contribution in [-0.2, 0) is 187 Å². The van der Waals surface area contributed by atoms with Gasteiger partial charge in [0.25, 0.3) is 0 Å². The van der Waals surface area contributed by atoms with E-state index in [-0.39, 0.29) is 140 Å². The molecule has 22 unspecified atom stereocenters. The maximum absolute atomic E-state index is 12.5.